The molecule has 1 aliphatic rings. The van der Waals surface area contributed by atoms with Crippen LogP contribution < -0.4 is 4.80 Å². The monoisotopic (exact) mass is 453 g/mol. The van der Waals surface area contributed by atoms with Gasteiger partial charge in [-0.15, -0.1) is 11.8 Å². The van der Waals surface area contributed by atoms with Gasteiger partial charge in [-0.2, -0.15) is 4.99 Å². The highest BCUT2D eigenvalue weighted by atomic mass is 32.2. The Morgan fingerprint density at radius 1 is 1.20 bits per heavy atom. The summed E-state index contributed by atoms with van der Waals surface area (Å²) in [6.45, 7) is 3.39. The maximum atomic E-state index is 13.6. The van der Waals surface area contributed by atoms with Crippen molar-refractivity contribution in [3.8, 4) is 0 Å². The molecular formula is C20H24FN3O4S2. The van der Waals surface area contributed by atoms with Gasteiger partial charge < -0.3 is 14.2 Å². The third kappa shape index (κ3) is 5.91. The first-order valence-electron chi connectivity index (χ1n) is 9.85. The smallest absolute Gasteiger partial charge is 0.326 e. The van der Waals surface area contributed by atoms with Crippen molar-refractivity contribution in [2.24, 2.45) is 4.99 Å². The fourth-order valence-corrected chi connectivity index (χ4v) is 4.99. The number of ether oxygens (including phenoxy) is 1. The maximum absolute atomic E-state index is 13.6. The number of aromatic nitrogens is 1. The summed E-state index contributed by atoms with van der Waals surface area (Å²) in [5.74, 6) is -0.935. The van der Waals surface area contributed by atoms with Crippen LogP contribution in [0.2, 0.25) is 0 Å². The number of thiazole rings is 1. The number of amides is 2. The summed E-state index contributed by atoms with van der Waals surface area (Å²) in [5, 5.41) is 0. The summed E-state index contributed by atoms with van der Waals surface area (Å²) in [4.78, 5) is 42.8. The van der Waals surface area contributed by atoms with Gasteiger partial charge in [0.25, 0.3) is 5.91 Å². The molecular weight excluding hydrogens is 429 g/mol. The maximum Gasteiger partial charge on any atom is 0.326 e. The first-order chi connectivity index (χ1) is 14.5. The molecule has 1 fully saturated rings. The molecule has 2 aromatic rings. The fraction of sp³-hybridized carbons (Fsp3) is 0.500. The third-order valence-electron chi connectivity index (χ3n) is 4.62. The van der Waals surface area contributed by atoms with Gasteiger partial charge in [-0.25, -0.2) is 4.39 Å². The van der Waals surface area contributed by atoms with Crippen LogP contribution in [0.15, 0.2) is 23.2 Å². The second-order valence-corrected chi connectivity index (χ2v) is 8.82. The Morgan fingerprint density at radius 3 is 2.70 bits per heavy atom. The van der Waals surface area contributed by atoms with Crippen LogP contribution in [0.5, 0.6) is 0 Å². The summed E-state index contributed by atoms with van der Waals surface area (Å²) in [7, 11) is 0. The van der Waals surface area contributed by atoms with Crippen molar-refractivity contribution in [2.75, 3.05) is 31.2 Å². The zero-order valence-corrected chi connectivity index (χ0v) is 18.4. The van der Waals surface area contributed by atoms with Crippen molar-refractivity contribution in [2.45, 2.75) is 32.7 Å². The molecule has 0 aliphatic carbocycles. The van der Waals surface area contributed by atoms with Crippen LogP contribution in [0.4, 0.5) is 4.39 Å². The standard InChI is InChI=1S/C20H24FN3O4S2/c1-2-28-19(27)11-24-15-7-6-14(21)10-16(15)30-20(24)22-17(25)12-29-13-18(26)23-8-4-3-5-9-23/h6-7,10H,2-5,8-9,11-13H2,1H3. The molecule has 3 rings (SSSR count). The van der Waals surface area contributed by atoms with E-state index in [1.807, 2.05) is 4.90 Å². The van der Waals surface area contributed by atoms with Gasteiger partial charge in [0, 0.05) is 13.1 Å². The number of fused-ring (bicyclic) bond motifs is 1. The summed E-state index contributed by atoms with van der Waals surface area (Å²) < 4.78 is 20.7. The lowest BCUT2D eigenvalue weighted by molar-refractivity contribution is -0.143. The number of hydrogen-bond donors (Lipinski definition) is 0. The van der Waals surface area contributed by atoms with E-state index < -0.39 is 17.7 Å². The number of carbonyl (C=O) groups excluding carboxylic acids is 3. The zero-order chi connectivity index (χ0) is 21.5. The van der Waals surface area contributed by atoms with Gasteiger partial charge in [0.2, 0.25) is 5.91 Å². The van der Waals surface area contributed by atoms with Crippen LogP contribution in [-0.4, -0.2) is 58.5 Å². The summed E-state index contributed by atoms with van der Waals surface area (Å²) in [5.41, 5.74) is 0.605. The highest BCUT2D eigenvalue weighted by molar-refractivity contribution is 8.00. The van der Waals surface area contributed by atoms with E-state index in [4.69, 9.17) is 4.74 Å². The number of esters is 1. The molecule has 162 valence electrons. The molecule has 1 aliphatic heterocycles. The van der Waals surface area contributed by atoms with Gasteiger partial charge in [0.1, 0.15) is 12.4 Å². The molecule has 30 heavy (non-hydrogen) atoms. The average Bonchev–Trinajstić information content (AvgIpc) is 3.04. The molecule has 0 atom stereocenters. The van der Waals surface area contributed by atoms with E-state index in [0.717, 1.165) is 43.7 Å². The van der Waals surface area contributed by atoms with E-state index in [2.05, 4.69) is 4.99 Å². The average molecular weight is 454 g/mol. The number of piperidine rings is 1. The number of carbonyl (C=O) groups is 3. The minimum atomic E-state index is -0.461. The van der Waals surface area contributed by atoms with Crippen molar-refractivity contribution in [3.63, 3.8) is 0 Å². The van der Waals surface area contributed by atoms with E-state index in [1.54, 1.807) is 17.6 Å². The largest absolute Gasteiger partial charge is 0.465 e. The van der Waals surface area contributed by atoms with E-state index >= 15 is 0 Å². The Morgan fingerprint density at radius 2 is 1.97 bits per heavy atom. The molecule has 10 heteroatoms. The lowest BCUT2D eigenvalue weighted by Crippen LogP contribution is -2.36. The Labute approximate surface area is 181 Å². The van der Waals surface area contributed by atoms with Crippen molar-refractivity contribution >= 4 is 51.1 Å². The van der Waals surface area contributed by atoms with Crippen LogP contribution in [0, 0.1) is 5.82 Å². The summed E-state index contributed by atoms with van der Waals surface area (Å²) in [6.07, 6.45) is 3.20. The highest BCUT2D eigenvalue weighted by Crippen LogP contribution is 2.19. The van der Waals surface area contributed by atoms with Crippen LogP contribution in [0.3, 0.4) is 0 Å². The molecule has 0 spiro atoms. The molecule has 7 nitrogen and oxygen atoms in total. The molecule has 0 saturated carbocycles. The van der Waals surface area contributed by atoms with Crippen molar-refractivity contribution in [3.05, 3.63) is 28.8 Å². The number of thioether (sulfide) groups is 1. The Kier molecular flexibility index (Phi) is 8.03. The Bertz CT molecular complexity index is 996. The third-order valence-corrected chi connectivity index (χ3v) is 6.56. The molecule has 0 radical (unpaired) electrons. The van der Waals surface area contributed by atoms with Gasteiger partial charge in [-0.1, -0.05) is 11.3 Å². The molecule has 2 heterocycles. The minimum Gasteiger partial charge on any atom is -0.465 e. The van der Waals surface area contributed by atoms with Crippen molar-refractivity contribution in [1.29, 1.82) is 0 Å². The van der Waals surface area contributed by atoms with Gasteiger partial charge in [-0.05, 0) is 44.4 Å². The topological polar surface area (TPSA) is 81.0 Å². The fourth-order valence-electron chi connectivity index (χ4n) is 3.22. The van der Waals surface area contributed by atoms with Crippen LogP contribution in [0.1, 0.15) is 26.2 Å². The normalized spacial score (nSPS) is 14.9. The molecule has 2 amide bonds. The van der Waals surface area contributed by atoms with Gasteiger partial charge in [0.15, 0.2) is 4.80 Å². The van der Waals surface area contributed by atoms with E-state index in [9.17, 15) is 18.8 Å². The number of rotatable bonds is 7. The molecule has 0 N–H and O–H groups in total. The number of likely N-dealkylation sites (tertiary alicyclic amines) is 1. The molecule has 1 aromatic carbocycles. The Balaban J connectivity index is 1.71. The number of benzene rings is 1. The number of hydrogen-bond acceptors (Lipinski definition) is 6. The summed E-state index contributed by atoms with van der Waals surface area (Å²) in [6, 6.07) is 4.19. The highest BCUT2D eigenvalue weighted by Gasteiger charge is 2.17. The second kappa shape index (κ2) is 10.7. The predicted molar refractivity (Wildman–Crippen MR) is 115 cm³/mol. The van der Waals surface area contributed by atoms with Gasteiger partial charge in [0.05, 0.1) is 28.3 Å². The SMILES string of the molecule is CCOC(=O)Cn1c(=NC(=O)CSCC(=O)N2CCCCC2)sc2cc(F)ccc21. The van der Waals surface area contributed by atoms with Gasteiger partial charge >= 0.3 is 5.97 Å². The first-order valence-corrected chi connectivity index (χ1v) is 11.8. The van der Waals surface area contributed by atoms with Crippen molar-refractivity contribution in [1.82, 2.24) is 9.47 Å². The van der Waals surface area contributed by atoms with Crippen LogP contribution in [0.25, 0.3) is 10.2 Å². The first kappa shape index (κ1) is 22.5. The Hall–Kier alpha value is -2.20. The summed E-state index contributed by atoms with van der Waals surface area (Å²) >= 11 is 2.36. The van der Waals surface area contributed by atoms with E-state index in [-0.39, 0.29) is 30.6 Å². The lowest BCUT2D eigenvalue weighted by atomic mass is 10.1. The lowest BCUT2D eigenvalue weighted by Gasteiger charge is -2.26. The number of nitrogens with zero attached hydrogens (tertiary/aromatic N) is 3. The predicted octanol–water partition coefficient (Wildman–Crippen LogP) is 2.58. The molecule has 1 saturated heterocycles. The van der Waals surface area contributed by atoms with Crippen LogP contribution in [-0.2, 0) is 25.7 Å². The van der Waals surface area contributed by atoms with Crippen molar-refractivity contribution < 1.29 is 23.5 Å². The zero-order valence-electron chi connectivity index (χ0n) is 16.8. The number of halogens is 1. The second-order valence-electron chi connectivity index (χ2n) is 6.83. The van der Waals surface area contributed by atoms with Gasteiger partial charge in [-0.3, -0.25) is 14.4 Å². The van der Waals surface area contributed by atoms with Crippen LogP contribution >= 0.6 is 23.1 Å². The minimum absolute atomic E-state index is 0.0437. The molecule has 0 unspecified atom stereocenters. The molecule has 1 aromatic heterocycles. The quantitative estimate of drug-likeness (QED) is 0.602. The van der Waals surface area contributed by atoms with E-state index in [0.29, 0.717) is 15.0 Å². The van der Waals surface area contributed by atoms with E-state index in [1.165, 1.54) is 23.9 Å². The molecule has 0 bridgehead atoms.